The summed E-state index contributed by atoms with van der Waals surface area (Å²) in [4.78, 5) is 28.5. The topological polar surface area (TPSA) is 101 Å². The highest BCUT2D eigenvalue weighted by molar-refractivity contribution is 5.76. The molecule has 0 saturated heterocycles. The predicted octanol–water partition coefficient (Wildman–Crippen LogP) is 5.40. The van der Waals surface area contributed by atoms with Crippen LogP contribution in [0.15, 0.2) is 67.1 Å². The van der Waals surface area contributed by atoms with Crippen LogP contribution < -0.4 is 4.74 Å². The fourth-order valence-corrected chi connectivity index (χ4v) is 4.25. The first-order valence-electron chi connectivity index (χ1n) is 11.5. The van der Waals surface area contributed by atoms with Crippen molar-refractivity contribution in [2.75, 3.05) is 6.61 Å². The summed E-state index contributed by atoms with van der Waals surface area (Å²) >= 11 is 0. The molecule has 4 aromatic rings. The van der Waals surface area contributed by atoms with E-state index in [-0.39, 0.29) is 6.61 Å². The van der Waals surface area contributed by atoms with E-state index in [9.17, 15) is 9.90 Å². The molecule has 0 spiro atoms. The Hall–Kier alpha value is -4.00. The van der Waals surface area contributed by atoms with Crippen molar-refractivity contribution in [1.82, 2.24) is 19.9 Å². The van der Waals surface area contributed by atoms with Gasteiger partial charge in [-0.2, -0.15) is 0 Å². The molecule has 3 aromatic heterocycles. The number of carboxylic acids is 1. The number of benzene rings is 1. The number of hydrogen-bond acceptors (Lipinski definition) is 5. The lowest BCUT2D eigenvalue weighted by Gasteiger charge is -2.36. The first kappa shape index (κ1) is 21.8. The van der Waals surface area contributed by atoms with E-state index in [1.165, 1.54) is 0 Å². The molecule has 0 amide bonds. The Labute approximate surface area is 197 Å². The number of carboxylic acid groups (broad SMARTS) is 1. The first-order valence-corrected chi connectivity index (χ1v) is 11.5. The second-order valence-electron chi connectivity index (χ2n) is 8.70. The molecule has 7 heteroatoms. The molecule has 1 fully saturated rings. The Kier molecular flexibility index (Phi) is 5.84. The van der Waals surface area contributed by atoms with E-state index >= 15 is 0 Å². The largest absolute Gasteiger partial charge is 0.481 e. The Morgan fingerprint density at radius 1 is 1.03 bits per heavy atom. The number of ether oxygens (including phenoxy) is 1. The van der Waals surface area contributed by atoms with Crippen LogP contribution >= 0.6 is 0 Å². The standard InChI is InChI=1S/C27H26N4O3/c1-2-18-13-24(34-17-27(26(32)33)11-6-12-27)29-15-21(18)20-9-10-22(28-14-20)25-30-16-23(31-25)19-7-4-3-5-8-19/h3-5,7-10,13-16H,2,6,11-12,17H2,1H3,(H,30,31)(H,32,33). The van der Waals surface area contributed by atoms with E-state index in [1.807, 2.05) is 60.9 Å². The van der Waals surface area contributed by atoms with Gasteiger partial charge in [-0.3, -0.25) is 9.78 Å². The quantitative estimate of drug-likeness (QED) is 0.370. The van der Waals surface area contributed by atoms with E-state index in [2.05, 4.69) is 26.9 Å². The summed E-state index contributed by atoms with van der Waals surface area (Å²) in [7, 11) is 0. The van der Waals surface area contributed by atoms with Gasteiger partial charge in [-0.15, -0.1) is 0 Å². The van der Waals surface area contributed by atoms with E-state index < -0.39 is 11.4 Å². The van der Waals surface area contributed by atoms with Crippen LogP contribution in [0.2, 0.25) is 0 Å². The molecule has 34 heavy (non-hydrogen) atoms. The van der Waals surface area contributed by atoms with Crippen LogP contribution in [0.25, 0.3) is 33.9 Å². The van der Waals surface area contributed by atoms with Crippen LogP contribution in [0, 0.1) is 5.41 Å². The number of nitrogens with one attached hydrogen (secondary N) is 1. The highest BCUT2D eigenvalue weighted by atomic mass is 16.5. The summed E-state index contributed by atoms with van der Waals surface area (Å²) in [5.74, 6) is 0.387. The number of H-pyrrole nitrogens is 1. The van der Waals surface area contributed by atoms with Crippen LogP contribution in [-0.2, 0) is 11.2 Å². The minimum Gasteiger partial charge on any atom is -0.481 e. The lowest BCUT2D eigenvalue weighted by molar-refractivity contribution is -0.157. The summed E-state index contributed by atoms with van der Waals surface area (Å²) in [6.07, 6.45) is 8.44. The van der Waals surface area contributed by atoms with Crippen molar-refractivity contribution in [2.45, 2.75) is 32.6 Å². The van der Waals surface area contributed by atoms with Crippen molar-refractivity contribution in [3.8, 4) is 39.8 Å². The van der Waals surface area contributed by atoms with Crippen molar-refractivity contribution in [3.05, 3.63) is 72.7 Å². The van der Waals surface area contributed by atoms with Crippen LogP contribution in [0.3, 0.4) is 0 Å². The Bertz CT molecular complexity index is 1300. The number of aryl methyl sites for hydroxylation is 1. The Morgan fingerprint density at radius 2 is 1.85 bits per heavy atom. The van der Waals surface area contributed by atoms with Crippen LogP contribution in [0.1, 0.15) is 31.7 Å². The highest BCUT2D eigenvalue weighted by Gasteiger charge is 2.45. The number of nitrogens with zero attached hydrogens (tertiary/aromatic N) is 3. The number of aromatic nitrogens is 4. The number of carbonyl (C=O) groups is 1. The van der Waals surface area contributed by atoms with E-state index in [1.54, 1.807) is 6.20 Å². The van der Waals surface area contributed by atoms with Crippen molar-refractivity contribution in [2.24, 2.45) is 5.41 Å². The molecule has 1 aromatic carbocycles. The molecule has 3 heterocycles. The Balaban J connectivity index is 1.33. The van der Waals surface area contributed by atoms with Gasteiger partial charge in [0.15, 0.2) is 5.82 Å². The highest BCUT2D eigenvalue weighted by Crippen LogP contribution is 2.41. The molecule has 7 nitrogen and oxygen atoms in total. The lowest BCUT2D eigenvalue weighted by atomic mass is 9.69. The average Bonchev–Trinajstić information content (AvgIpc) is 3.34. The van der Waals surface area contributed by atoms with Gasteiger partial charge in [-0.05, 0) is 36.5 Å². The normalized spacial score (nSPS) is 14.4. The maximum Gasteiger partial charge on any atom is 0.313 e. The molecule has 2 N–H and O–H groups in total. The molecule has 0 aliphatic heterocycles. The maximum atomic E-state index is 11.6. The first-order chi connectivity index (χ1) is 16.6. The lowest BCUT2D eigenvalue weighted by Crippen LogP contribution is -2.43. The number of rotatable bonds is 8. The van der Waals surface area contributed by atoms with Crippen molar-refractivity contribution >= 4 is 5.97 Å². The van der Waals surface area contributed by atoms with Crippen molar-refractivity contribution < 1.29 is 14.6 Å². The number of pyridine rings is 2. The van der Waals surface area contributed by atoms with E-state index in [0.717, 1.165) is 46.5 Å². The third-order valence-corrected chi connectivity index (χ3v) is 6.58. The summed E-state index contributed by atoms with van der Waals surface area (Å²) < 4.78 is 5.80. The summed E-state index contributed by atoms with van der Waals surface area (Å²) in [6, 6.07) is 15.9. The third kappa shape index (κ3) is 4.17. The smallest absolute Gasteiger partial charge is 0.313 e. The summed E-state index contributed by atoms with van der Waals surface area (Å²) in [5.41, 5.74) is 5.02. The van der Waals surface area contributed by atoms with Gasteiger partial charge in [-0.1, -0.05) is 49.7 Å². The zero-order valence-electron chi connectivity index (χ0n) is 19.0. The molecule has 1 aliphatic carbocycles. The second kappa shape index (κ2) is 9.09. The van der Waals surface area contributed by atoms with Gasteiger partial charge in [0.05, 0.1) is 11.9 Å². The second-order valence-corrected chi connectivity index (χ2v) is 8.70. The summed E-state index contributed by atoms with van der Waals surface area (Å²) in [6.45, 7) is 2.23. The fourth-order valence-electron chi connectivity index (χ4n) is 4.25. The number of imidazole rings is 1. The van der Waals surface area contributed by atoms with Crippen molar-refractivity contribution in [3.63, 3.8) is 0 Å². The maximum absolute atomic E-state index is 11.6. The molecule has 0 radical (unpaired) electrons. The molecular formula is C27H26N4O3. The van der Waals surface area contributed by atoms with E-state index in [0.29, 0.717) is 24.5 Å². The van der Waals surface area contributed by atoms with Crippen LogP contribution in [-0.4, -0.2) is 37.6 Å². The van der Waals surface area contributed by atoms with Crippen LogP contribution in [0.4, 0.5) is 0 Å². The number of aromatic amines is 1. The van der Waals surface area contributed by atoms with Gasteiger partial charge in [0.25, 0.3) is 0 Å². The monoisotopic (exact) mass is 454 g/mol. The van der Waals surface area contributed by atoms with E-state index in [4.69, 9.17) is 4.74 Å². The molecular weight excluding hydrogens is 428 g/mol. The minimum absolute atomic E-state index is 0.155. The van der Waals surface area contributed by atoms with Gasteiger partial charge in [-0.25, -0.2) is 9.97 Å². The molecule has 0 atom stereocenters. The summed E-state index contributed by atoms with van der Waals surface area (Å²) in [5, 5.41) is 9.51. The SMILES string of the molecule is CCc1cc(OCC2(C(=O)O)CCC2)ncc1-c1ccc(-c2ncc(-c3ccccc3)[nH]2)nc1. The average molecular weight is 455 g/mol. The molecule has 0 unspecified atom stereocenters. The van der Waals surface area contributed by atoms with Gasteiger partial charge in [0, 0.05) is 29.6 Å². The third-order valence-electron chi connectivity index (χ3n) is 6.58. The molecule has 5 rings (SSSR count). The van der Waals surface area contributed by atoms with Gasteiger partial charge in [0.1, 0.15) is 17.7 Å². The molecule has 172 valence electrons. The molecule has 1 saturated carbocycles. The fraction of sp³-hybridized carbons (Fsp3) is 0.259. The van der Waals surface area contributed by atoms with Gasteiger partial charge >= 0.3 is 5.97 Å². The van der Waals surface area contributed by atoms with Gasteiger partial charge in [0.2, 0.25) is 5.88 Å². The molecule has 1 aliphatic rings. The van der Waals surface area contributed by atoms with Gasteiger partial charge < -0.3 is 14.8 Å². The minimum atomic E-state index is -0.787. The number of hydrogen-bond donors (Lipinski definition) is 2. The van der Waals surface area contributed by atoms with Crippen molar-refractivity contribution in [1.29, 1.82) is 0 Å². The molecule has 0 bridgehead atoms. The number of aliphatic carboxylic acids is 1. The predicted molar refractivity (Wildman–Crippen MR) is 129 cm³/mol. The zero-order valence-corrected chi connectivity index (χ0v) is 19.0. The van der Waals surface area contributed by atoms with Crippen LogP contribution in [0.5, 0.6) is 5.88 Å². The zero-order chi connectivity index (χ0) is 23.5. The Morgan fingerprint density at radius 3 is 2.50 bits per heavy atom.